The molecule has 0 unspecified atom stereocenters. The maximum absolute atomic E-state index is 12.3. The van der Waals surface area contributed by atoms with Crippen molar-refractivity contribution in [2.24, 2.45) is 0 Å². The number of aromatic carboxylic acids is 1. The van der Waals surface area contributed by atoms with Crippen LogP contribution in [0.25, 0.3) is 0 Å². The molecular weight excluding hydrogens is 312 g/mol. The van der Waals surface area contributed by atoms with Gasteiger partial charge in [0.05, 0.1) is 16.9 Å². The molecule has 2 aromatic carbocycles. The standard InChI is InChI=1S/C17H14N2O5/c20-15-9-19(17(23)24-10-11-4-2-1-3-5-11)14-7-6-12(16(21)22)8-13(14)18-15/h1-8H,9-10H2,(H,18,20)(H,21,22). The largest absolute Gasteiger partial charge is 0.478 e. The first-order chi connectivity index (χ1) is 11.5. The summed E-state index contributed by atoms with van der Waals surface area (Å²) in [5.41, 5.74) is 1.52. The van der Waals surface area contributed by atoms with Crippen LogP contribution in [0.15, 0.2) is 48.5 Å². The minimum atomic E-state index is -1.11. The molecule has 0 fully saturated rings. The molecule has 0 spiro atoms. The number of ether oxygens (including phenoxy) is 1. The van der Waals surface area contributed by atoms with Gasteiger partial charge in [-0.15, -0.1) is 0 Å². The molecule has 0 saturated heterocycles. The number of carbonyl (C=O) groups excluding carboxylic acids is 2. The van der Waals surface area contributed by atoms with Crippen LogP contribution in [0.4, 0.5) is 16.2 Å². The number of hydrogen-bond acceptors (Lipinski definition) is 4. The van der Waals surface area contributed by atoms with E-state index in [2.05, 4.69) is 5.32 Å². The molecule has 24 heavy (non-hydrogen) atoms. The highest BCUT2D eigenvalue weighted by atomic mass is 16.6. The molecule has 122 valence electrons. The van der Waals surface area contributed by atoms with Crippen LogP contribution in [0.3, 0.4) is 0 Å². The van der Waals surface area contributed by atoms with Gasteiger partial charge in [0.15, 0.2) is 0 Å². The molecule has 0 aliphatic carbocycles. The molecule has 0 aromatic heterocycles. The van der Waals surface area contributed by atoms with Crippen molar-refractivity contribution in [1.82, 2.24) is 0 Å². The molecule has 2 N–H and O–H groups in total. The summed E-state index contributed by atoms with van der Waals surface area (Å²) in [6, 6.07) is 13.3. The van der Waals surface area contributed by atoms with Crippen LogP contribution in [0.1, 0.15) is 15.9 Å². The van der Waals surface area contributed by atoms with E-state index in [1.54, 1.807) is 0 Å². The van der Waals surface area contributed by atoms with Gasteiger partial charge in [0.1, 0.15) is 13.2 Å². The zero-order valence-corrected chi connectivity index (χ0v) is 12.6. The fourth-order valence-electron chi connectivity index (χ4n) is 2.38. The van der Waals surface area contributed by atoms with E-state index < -0.39 is 18.0 Å². The summed E-state index contributed by atoms with van der Waals surface area (Å²) in [7, 11) is 0. The first-order valence-corrected chi connectivity index (χ1v) is 7.20. The number of hydrogen-bond donors (Lipinski definition) is 2. The third-order valence-electron chi connectivity index (χ3n) is 3.54. The average Bonchev–Trinajstić information content (AvgIpc) is 2.59. The van der Waals surface area contributed by atoms with Crippen molar-refractivity contribution in [1.29, 1.82) is 0 Å². The Hall–Kier alpha value is -3.35. The maximum atomic E-state index is 12.3. The lowest BCUT2D eigenvalue weighted by Crippen LogP contribution is -2.42. The monoisotopic (exact) mass is 326 g/mol. The first kappa shape index (κ1) is 15.5. The highest BCUT2D eigenvalue weighted by molar-refractivity contribution is 6.09. The number of nitrogens with one attached hydrogen (secondary N) is 1. The van der Waals surface area contributed by atoms with E-state index in [4.69, 9.17) is 9.84 Å². The van der Waals surface area contributed by atoms with Crippen molar-refractivity contribution in [2.75, 3.05) is 16.8 Å². The third-order valence-corrected chi connectivity index (χ3v) is 3.54. The van der Waals surface area contributed by atoms with Crippen molar-refractivity contribution in [2.45, 2.75) is 6.61 Å². The summed E-state index contributed by atoms with van der Waals surface area (Å²) in [5.74, 6) is -1.53. The zero-order valence-electron chi connectivity index (χ0n) is 12.6. The van der Waals surface area contributed by atoms with Gasteiger partial charge in [-0.25, -0.2) is 9.59 Å². The van der Waals surface area contributed by atoms with Crippen molar-refractivity contribution < 1.29 is 24.2 Å². The molecule has 1 aliphatic heterocycles. The Balaban J connectivity index is 1.80. The molecule has 0 radical (unpaired) electrons. The SMILES string of the molecule is O=C1CN(C(=O)OCc2ccccc2)c2ccc(C(=O)O)cc2N1. The van der Waals surface area contributed by atoms with Gasteiger partial charge in [-0.3, -0.25) is 9.69 Å². The van der Waals surface area contributed by atoms with Gasteiger partial charge in [-0.1, -0.05) is 30.3 Å². The molecule has 3 rings (SSSR count). The first-order valence-electron chi connectivity index (χ1n) is 7.20. The number of anilines is 2. The number of fused-ring (bicyclic) bond motifs is 1. The number of nitrogens with zero attached hydrogens (tertiary/aromatic N) is 1. The predicted molar refractivity (Wildman–Crippen MR) is 86.0 cm³/mol. The Morgan fingerprint density at radius 2 is 1.92 bits per heavy atom. The van der Waals surface area contributed by atoms with E-state index in [0.717, 1.165) is 5.56 Å². The molecule has 7 heteroatoms. The lowest BCUT2D eigenvalue weighted by molar-refractivity contribution is -0.115. The van der Waals surface area contributed by atoms with E-state index in [-0.39, 0.29) is 24.4 Å². The zero-order chi connectivity index (χ0) is 17.1. The minimum absolute atomic E-state index is 0.0218. The Morgan fingerprint density at radius 3 is 2.62 bits per heavy atom. The smallest absolute Gasteiger partial charge is 0.415 e. The van der Waals surface area contributed by atoms with Gasteiger partial charge < -0.3 is 15.2 Å². The van der Waals surface area contributed by atoms with Crippen LogP contribution in [0.2, 0.25) is 0 Å². The second-order valence-corrected chi connectivity index (χ2v) is 5.21. The Bertz CT molecular complexity index is 804. The summed E-state index contributed by atoms with van der Waals surface area (Å²) in [5, 5.41) is 11.6. The van der Waals surface area contributed by atoms with E-state index in [0.29, 0.717) is 5.69 Å². The molecule has 2 aromatic rings. The second kappa shape index (κ2) is 6.41. The van der Waals surface area contributed by atoms with E-state index in [1.165, 1.54) is 23.1 Å². The van der Waals surface area contributed by atoms with Crippen LogP contribution in [-0.2, 0) is 16.1 Å². The van der Waals surface area contributed by atoms with Crippen molar-refractivity contribution in [3.8, 4) is 0 Å². The van der Waals surface area contributed by atoms with Gasteiger partial charge in [-0.05, 0) is 23.8 Å². The maximum Gasteiger partial charge on any atom is 0.415 e. The summed E-state index contributed by atoms with van der Waals surface area (Å²) in [4.78, 5) is 36.3. The number of carboxylic acids is 1. The van der Waals surface area contributed by atoms with Gasteiger partial charge in [0, 0.05) is 0 Å². The molecule has 1 aliphatic rings. The molecular formula is C17H14N2O5. The normalized spacial score (nSPS) is 13.0. The average molecular weight is 326 g/mol. The Morgan fingerprint density at radius 1 is 1.17 bits per heavy atom. The fraction of sp³-hybridized carbons (Fsp3) is 0.118. The molecule has 1 heterocycles. The van der Waals surface area contributed by atoms with E-state index >= 15 is 0 Å². The highest BCUT2D eigenvalue weighted by Gasteiger charge is 2.28. The third kappa shape index (κ3) is 3.19. The molecule has 0 bridgehead atoms. The lowest BCUT2D eigenvalue weighted by Gasteiger charge is -2.28. The number of carboxylic acid groups (broad SMARTS) is 1. The van der Waals surface area contributed by atoms with E-state index in [9.17, 15) is 14.4 Å². The van der Waals surface area contributed by atoms with Crippen LogP contribution >= 0.6 is 0 Å². The van der Waals surface area contributed by atoms with Crippen LogP contribution in [0.5, 0.6) is 0 Å². The summed E-state index contributed by atoms with van der Waals surface area (Å²) >= 11 is 0. The Kier molecular flexibility index (Phi) is 4.15. The lowest BCUT2D eigenvalue weighted by atomic mass is 10.1. The number of rotatable bonds is 3. The molecule has 0 atom stereocenters. The van der Waals surface area contributed by atoms with Crippen molar-refractivity contribution in [3.63, 3.8) is 0 Å². The summed E-state index contributed by atoms with van der Waals surface area (Å²) < 4.78 is 5.24. The minimum Gasteiger partial charge on any atom is -0.478 e. The quantitative estimate of drug-likeness (QED) is 0.903. The number of carbonyl (C=O) groups is 3. The van der Waals surface area contributed by atoms with Crippen LogP contribution in [0, 0.1) is 0 Å². The number of amides is 2. The topological polar surface area (TPSA) is 95.9 Å². The van der Waals surface area contributed by atoms with Crippen LogP contribution < -0.4 is 10.2 Å². The van der Waals surface area contributed by atoms with Crippen molar-refractivity contribution in [3.05, 3.63) is 59.7 Å². The second-order valence-electron chi connectivity index (χ2n) is 5.21. The predicted octanol–water partition coefficient (Wildman–Crippen LogP) is 2.48. The fourth-order valence-corrected chi connectivity index (χ4v) is 2.38. The highest BCUT2D eigenvalue weighted by Crippen LogP contribution is 2.31. The van der Waals surface area contributed by atoms with Gasteiger partial charge in [0.2, 0.25) is 5.91 Å². The molecule has 7 nitrogen and oxygen atoms in total. The molecule has 0 saturated carbocycles. The van der Waals surface area contributed by atoms with Gasteiger partial charge >= 0.3 is 12.1 Å². The summed E-state index contributed by atoms with van der Waals surface area (Å²) in [6.45, 7) is -0.104. The van der Waals surface area contributed by atoms with Crippen molar-refractivity contribution >= 4 is 29.3 Å². The number of benzene rings is 2. The van der Waals surface area contributed by atoms with Crippen LogP contribution in [-0.4, -0.2) is 29.6 Å². The van der Waals surface area contributed by atoms with Gasteiger partial charge in [0.25, 0.3) is 0 Å². The van der Waals surface area contributed by atoms with E-state index in [1.807, 2.05) is 30.3 Å². The Labute approximate surface area is 137 Å². The molecule has 2 amide bonds. The van der Waals surface area contributed by atoms with Gasteiger partial charge in [-0.2, -0.15) is 0 Å². The summed E-state index contributed by atoms with van der Waals surface area (Å²) in [6.07, 6.45) is -0.668.